The summed E-state index contributed by atoms with van der Waals surface area (Å²) in [6, 6.07) is 13.6. The van der Waals surface area contributed by atoms with Gasteiger partial charge in [-0.15, -0.1) is 0 Å². The molecule has 156 valence electrons. The first kappa shape index (κ1) is 20.3. The number of benzene rings is 2. The molecule has 4 rings (SSSR count). The maximum atomic E-state index is 13.5. The topological polar surface area (TPSA) is 70.1 Å². The van der Waals surface area contributed by atoms with Crippen molar-refractivity contribution < 1.29 is 23.8 Å². The lowest BCUT2D eigenvalue weighted by molar-refractivity contribution is -0.140. The second kappa shape index (κ2) is 8.77. The van der Waals surface area contributed by atoms with Gasteiger partial charge in [0, 0.05) is 31.7 Å². The fraction of sp³-hybridized carbons (Fsp3) is 0.304. The molecule has 2 heterocycles. The van der Waals surface area contributed by atoms with E-state index in [2.05, 4.69) is 4.90 Å². The summed E-state index contributed by atoms with van der Waals surface area (Å²) in [5.41, 5.74) is 1.06. The van der Waals surface area contributed by atoms with Gasteiger partial charge in [-0.2, -0.15) is 0 Å². The van der Waals surface area contributed by atoms with Crippen LogP contribution in [0.2, 0.25) is 0 Å². The minimum Gasteiger partial charge on any atom is -0.507 e. The lowest BCUT2D eigenvalue weighted by atomic mass is 9.95. The van der Waals surface area contributed by atoms with Crippen LogP contribution in [0.15, 0.2) is 60.2 Å². The van der Waals surface area contributed by atoms with Crippen molar-refractivity contribution >= 4 is 17.4 Å². The zero-order valence-electron chi connectivity index (χ0n) is 16.5. The van der Waals surface area contributed by atoms with Gasteiger partial charge in [0.2, 0.25) is 0 Å². The Hall–Kier alpha value is -3.03. The Labute approximate surface area is 174 Å². The molecule has 2 fully saturated rings. The van der Waals surface area contributed by atoms with Gasteiger partial charge in [0.15, 0.2) is 0 Å². The van der Waals surface area contributed by atoms with Crippen LogP contribution in [0.5, 0.6) is 0 Å². The van der Waals surface area contributed by atoms with E-state index in [1.54, 1.807) is 42.5 Å². The Kier molecular flexibility index (Phi) is 5.92. The van der Waals surface area contributed by atoms with E-state index in [0.29, 0.717) is 37.4 Å². The third-order valence-corrected chi connectivity index (χ3v) is 5.53. The number of halogens is 1. The highest BCUT2D eigenvalue weighted by Crippen LogP contribution is 2.39. The Morgan fingerprint density at radius 1 is 1.00 bits per heavy atom. The lowest BCUT2D eigenvalue weighted by Crippen LogP contribution is -2.42. The van der Waals surface area contributed by atoms with Gasteiger partial charge < -0.3 is 14.7 Å². The van der Waals surface area contributed by atoms with Crippen LogP contribution >= 0.6 is 0 Å². The van der Waals surface area contributed by atoms with Gasteiger partial charge >= 0.3 is 0 Å². The first-order valence-electron chi connectivity index (χ1n) is 9.95. The van der Waals surface area contributed by atoms with Crippen molar-refractivity contribution in [2.24, 2.45) is 0 Å². The number of morpholine rings is 1. The lowest BCUT2D eigenvalue weighted by Gasteiger charge is -2.31. The molecular formula is C23H23FN2O4. The maximum Gasteiger partial charge on any atom is 0.295 e. The van der Waals surface area contributed by atoms with E-state index in [4.69, 9.17) is 4.74 Å². The predicted molar refractivity (Wildman–Crippen MR) is 109 cm³/mol. The Morgan fingerprint density at radius 2 is 1.67 bits per heavy atom. The van der Waals surface area contributed by atoms with Crippen LogP contribution in [-0.4, -0.2) is 66.0 Å². The molecule has 0 aromatic heterocycles. The van der Waals surface area contributed by atoms with Crippen LogP contribution in [0.4, 0.5) is 4.39 Å². The van der Waals surface area contributed by atoms with Crippen LogP contribution in [0.1, 0.15) is 17.2 Å². The molecule has 30 heavy (non-hydrogen) atoms. The third kappa shape index (κ3) is 3.99. The summed E-state index contributed by atoms with van der Waals surface area (Å²) in [7, 11) is 0. The van der Waals surface area contributed by atoms with Gasteiger partial charge in [-0.05, 0) is 17.7 Å². The van der Waals surface area contributed by atoms with Gasteiger partial charge in [-0.3, -0.25) is 14.5 Å². The highest BCUT2D eigenvalue weighted by atomic mass is 19.1. The van der Waals surface area contributed by atoms with E-state index in [-0.39, 0.29) is 11.3 Å². The number of likely N-dealkylation sites (tertiary alicyclic amines) is 1. The third-order valence-electron chi connectivity index (χ3n) is 5.53. The maximum absolute atomic E-state index is 13.5. The van der Waals surface area contributed by atoms with Gasteiger partial charge in [0.25, 0.3) is 11.7 Å². The zero-order chi connectivity index (χ0) is 21.1. The number of ketones is 1. The van der Waals surface area contributed by atoms with Crippen LogP contribution in [0, 0.1) is 5.82 Å². The van der Waals surface area contributed by atoms with Gasteiger partial charge in [0.05, 0.1) is 24.8 Å². The number of Topliss-reactive ketones (excluding diaryl/α,β-unsaturated/α-hetero) is 1. The molecule has 2 aromatic carbocycles. The molecule has 7 heteroatoms. The summed E-state index contributed by atoms with van der Waals surface area (Å²) in [6.07, 6.45) is 0. The standard InChI is InChI=1S/C23H23FN2O4/c24-18-8-6-16(7-9-18)20-19(21(27)17-4-2-1-3-5-17)22(28)23(29)26(20)11-10-25-12-14-30-15-13-25/h1-9,20,27H,10-15H2/b21-19+/t20-/m1/s1. The molecule has 6 nitrogen and oxygen atoms in total. The molecule has 1 amide bonds. The molecule has 0 unspecified atom stereocenters. The summed E-state index contributed by atoms with van der Waals surface area (Å²) in [4.78, 5) is 29.4. The molecule has 0 radical (unpaired) electrons. The van der Waals surface area contributed by atoms with E-state index in [9.17, 15) is 19.1 Å². The second-order valence-corrected chi connectivity index (χ2v) is 7.36. The molecule has 2 aromatic rings. The normalized spacial score (nSPS) is 21.9. The van der Waals surface area contributed by atoms with Crippen LogP contribution in [0.25, 0.3) is 5.76 Å². The number of hydrogen-bond donors (Lipinski definition) is 1. The number of amides is 1. The Bertz CT molecular complexity index is 953. The fourth-order valence-electron chi connectivity index (χ4n) is 3.93. The predicted octanol–water partition coefficient (Wildman–Crippen LogP) is 2.58. The molecule has 2 saturated heterocycles. The molecule has 0 bridgehead atoms. The SMILES string of the molecule is O=C1C(=O)N(CCN2CCOCC2)[C@H](c2ccc(F)cc2)/C1=C(\O)c1ccccc1. The largest absolute Gasteiger partial charge is 0.507 e. The monoisotopic (exact) mass is 410 g/mol. The second-order valence-electron chi connectivity index (χ2n) is 7.36. The zero-order valence-corrected chi connectivity index (χ0v) is 16.5. The molecule has 1 N–H and O–H groups in total. The minimum absolute atomic E-state index is 0.0276. The molecular weight excluding hydrogens is 387 g/mol. The fourth-order valence-corrected chi connectivity index (χ4v) is 3.93. The number of carbonyl (C=O) groups excluding carboxylic acids is 2. The van der Waals surface area contributed by atoms with Crippen molar-refractivity contribution in [3.8, 4) is 0 Å². The van der Waals surface area contributed by atoms with Crippen molar-refractivity contribution in [1.82, 2.24) is 9.80 Å². The molecule has 0 aliphatic carbocycles. The van der Waals surface area contributed by atoms with E-state index < -0.39 is 23.5 Å². The highest BCUT2D eigenvalue weighted by Gasteiger charge is 2.46. The Morgan fingerprint density at radius 3 is 2.33 bits per heavy atom. The summed E-state index contributed by atoms with van der Waals surface area (Å²) in [6.45, 7) is 3.68. The van der Waals surface area contributed by atoms with Gasteiger partial charge in [0.1, 0.15) is 11.6 Å². The van der Waals surface area contributed by atoms with Crippen molar-refractivity contribution in [3.63, 3.8) is 0 Å². The smallest absolute Gasteiger partial charge is 0.295 e. The first-order chi connectivity index (χ1) is 14.6. The van der Waals surface area contributed by atoms with E-state index in [1.807, 2.05) is 0 Å². The number of hydrogen-bond acceptors (Lipinski definition) is 5. The van der Waals surface area contributed by atoms with Crippen LogP contribution in [-0.2, 0) is 14.3 Å². The van der Waals surface area contributed by atoms with Crippen molar-refractivity contribution in [1.29, 1.82) is 0 Å². The minimum atomic E-state index is -0.771. The van der Waals surface area contributed by atoms with Crippen molar-refractivity contribution in [2.45, 2.75) is 6.04 Å². The summed E-state index contributed by atoms with van der Waals surface area (Å²) in [5, 5.41) is 10.9. The summed E-state index contributed by atoms with van der Waals surface area (Å²) >= 11 is 0. The number of aliphatic hydroxyl groups excluding tert-OH is 1. The van der Waals surface area contributed by atoms with E-state index >= 15 is 0 Å². The van der Waals surface area contributed by atoms with Crippen LogP contribution < -0.4 is 0 Å². The average molecular weight is 410 g/mol. The van der Waals surface area contributed by atoms with E-state index in [0.717, 1.165) is 13.1 Å². The highest BCUT2D eigenvalue weighted by molar-refractivity contribution is 6.46. The number of aliphatic hydroxyl groups is 1. The van der Waals surface area contributed by atoms with Gasteiger partial charge in [-0.25, -0.2) is 4.39 Å². The van der Waals surface area contributed by atoms with Crippen molar-refractivity contribution in [2.75, 3.05) is 39.4 Å². The van der Waals surface area contributed by atoms with Gasteiger partial charge in [-0.1, -0.05) is 42.5 Å². The summed E-state index contributed by atoms with van der Waals surface area (Å²) in [5.74, 6) is -2.02. The van der Waals surface area contributed by atoms with Crippen molar-refractivity contribution in [3.05, 3.63) is 77.1 Å². The molecule has 0 saturated carbocycles. The van der Waals surface area contributed by atoms with Crippen LogP contribution in [0.3, 0.4) is 0 Å². The number of carbonyl (C=O) groups is 2. The number of nitrogens with zero attached hydrogens (tertiary/aromatic N) is 2. The quantitative estimate of drug-likeness (QED) is 0.466. The molecule has 2 aliphatic heterocycles. The number of rotatable bonds is 5. The van der Waals surface area contributed by atoms with E-state index in [1.165, 1.54) is 17.0 Å². The summed E-state index contributed by atoms with van der Waals surface area (Å²) < 4.78 is 18.9. The average Bonchev–Trinajstić information content (AvgIpc) is 3.04. The number of ether oxygens (including phenoxy) is 1. The molecule has 0 spiro atoms. The Balaban J connectivity index is 1.72. The molecule has 2 aliphatic rings. The first-order valence-corrected chi connectivity index (χ1v) is 9.95. The molecule has 1 atom stereocenters.